The Balaban J connectivity index is 2.07. The first-order valence-electron chi connectivity index (χ1n) is 5.94. The summed E-state index contributed by atoms with van der Waals surface area (Å²) in [6.07, 6.45) is 5.98. The molecule has 1 N–H and O–H groups in total. The first kappa shape index (κ1) is 12.8. The molecule has 0 aliphatic rings. The minimum Gasteiger partial charge on any atom is -0.365 e. The number of hydrogen-bond acceptors (Lipinski definition) is 4. The fourth-order valence-electron chi connectivity index (χ4n) is 1.80. The zero-order valence-electron chi connectivity index (χ0n) is 10.5. The molecule has 0 amide bonds. The quantitative estimate of drug-likeness (QED) is 0.844. The van der Waals surface area contributed by atoms with Gasteiger partial charge in [-0.3, -0.25) is 4.68 Å². The van der Waals surface area contributed by atoms with E-state index in [2.05, 4.69) is 27.3 Å². The molecular formula is C12H16ClN5. The minimum absolute atomic E-state index is 0.209. The van der Waals surface area contributed by atoms with E-state index in [1.165, 1.54) is 6.33 Å². The lowest BCUT2D eigenvalue weighted by Crippen LogP contribution is -2.23. The molecule has 1 atom stereocenters. The molecule has 0 saturated carbocycles. The smallest absolute Gasteiger partial charge is 0.137 e. The van der Waals surface area contributed by atoms with Crippen molar-refractivity contribution < 1.29 is 0 Å². The third kappa shape index (κ3) is 2.98. The second-order valence-electron chi connectivity index (χ2n) is 4.12. The van der Waals surface area contributed by atoms with Crippen molar-refractivity contribution in [1.29, 1.82) is 0 Å². The van der Waals surface area contributed by atoms with Crippen LogP contribution in [-0.2, 0) is 13.0 Å². The van der Waals surface area contributed by atoms with Crippen LogP contribution in [0.25, 0.3) is 0 Å². The molecule has 96 valence electrons. The van der Waals surface area contributed by atoms with E-state index in [9.17, 15) is 0 Å². The summed E-state index contributed by atoms with van der Waals surface area (Å²) in [6, 6.07) is 2.12. The first-order chi connectivity index (χ1) is 8.70. The molecule has 0 saturated heterocycles. The van der Waals surface area contributed by atoms with E-state index in [0.29, 0.717) is 5.15 Å². The van der Waals surface area contributed by atoms with Crippen LogP contribution in [0.15, 0.2) is 24.8 Å². The van der Waals surface area contributed by atoms with Crippen LogP contribution < -0.4 is 5.32 Å². The van der Waals surface area contributed by atoms with Gasteiger partial charge < -0.3 is 5.32 Å². The standard InChI is InChI=1S/C12H16ClN5/c1-3-10-11(13)14-8-15-12(10)17-9(2)7-18-6-4-5-16-18/h4-6,8-9H,3,7H2,1-2H3,(H,14,15,17). The predicted octanol–water partition coefficient (Wildman–Crippen LogP) is 2.39. The van der Waals surface area contributed by atoms with Crippen LogP contribution in [0.1, 0.15) is 19.4 Å². The topological polar surface area (TPSA) is 55.6 Å². The Morgan fingerprint density at radius 1 is 1.44 bits per heavy atom. The molecule has 2 rings (SSSR count). The van der Waals surface area contributed by atoms with Gasteiger partial charge in [-0.2, -0.15) is 5.10 Å². The summed E-state index contributed by atoms with van der Waals surface area (Å²) in [7, 11) is 0. The van der Waals surface area contributed by atoms with Gasteiger partial charge in [0.05, 0.1) is 6.54 Å². The number of nitrogens with one attached hydrogen (secondary N) is 1. The average Bonchev–Trinajstić information content (AvgIpc) is 2.82. The number of hydrogen-bond donors (Lipinski definition) is 1. The van der Waals surface area contributed by atoms with Gasteiger partial charge >= 0.3 is 0 Å². The van der Waals surface area contributed by atoms with E-state index in [-0.39, 0.29) is 6.04 Å². The highest BCUT2D eigenvalue weighted by Crippen LogP contribution is 2.20. The molecule has 6 heteroatoms. The number of halogens is 1. The van der Waals surface area contributed by atoms with Gasteiger partial charge in [-0.15, -0.1) is 0 Å². The van der Waals surface area contributed by atoms with Gasteiger partial charge in [0, 0.05) is 24.0 Å². The van der Waals surface area contributed by atoms with E-state index >= 15 is 0 Å². The third-order valence-electron chi connectivity index (χ3n) is 2.65. The van der Waals surface area contributed by atoms with Crippen molar-refractivity contribution in [2.24, 2.45) is 0 Å². The lowest BCUT2D eigenvalue weighted by Gasteiger charge is -2.17. The molecule has 5 nitrogen and oxygen atoms in total. The van der Waals surface area contributed by atoms with E-state index in [1.807, 2.05) is 23.9 Å². The monoisotopic (exact) mass is 265 g/mol. The van der Waals surface area contributed by atoms with Crippen LogP contribution in [0, 0.1) is 0 Å². The zero-order chi connectivity index (χ0) is 13.0. The number of nitrogens with zero attached hydrogens (tertiary/aromatic N) is 4. The summed E-state index contributed by atoms with van der Waals surface area (Å²) in [4.78, 5) is 8.23. The highest BCUT2D eigenvalue weighted by Gasteiger charge is 2.10. The maximum Gasteiger partial charge on any atom is 0.137 e. The maximum atomic E-state index is 6.05. The summed E-state index contributed by atoms with van der Waals surface area (Å²) in [5, 5.41) is 8.04. The van der Waals surface area contributed by atoms with Gasteiger partial charge in [0.25, 0.3) is 0 Å². The van der Waals surface area contributed by atoms with E-state index in [4.69, 9.17) is 11.6 Å². The summed E-state index contributed by atoms with van der Waals surface area (Å²) in [5.41, 5.74) is 0.950. The number of anilines is 1. The fraction of sp³-hybridized carbons (Fsp3) is 0.417. The van der Waals surface area contributed by atoms with Crippen LogP contribution in [0.2, 0.25) is 5.15 Å². The van der Waals surface area contributed by atoms with Crippen molar-refractivity contribution in [3.8, 4) is 0 Å². The summed E-state index contributed by atoms with van der Waals surface area (Å²) >= 11 is 6.05. The first-order valence-corrected chi connectivity index (χ1v) is 6.31. The molecule has 0 aromatic carbocycles. The Morgan fingerprint density at radius 3 is 2.94 bits per heavy atom. The van der Waals surface area contributed by atoms with E-state index < -0.39 is 0 Å². The Morgan fingerprint density at radius 2 is 2.28 bits per heavy atom. The van der Waals surface area contributed by atoms with E-state index in [1.54, 1.807) is 6.20 Å². The second kappa shape index (κ2) is 5.82. The highest BCUT2D eigenvalue weighted by molar-refractivity contribution is 6.30. The van der Waals surface area contributed by atoms with Crippen molar-refractivity contribution in [2.45, 2.75) is 32.9 Å². The zero-order valence-corrected chi connectivity index (χ0v) is 11.2. The van der Waals surface area contributed by atoms with Gasteiger partial charge in [0.15, 0.2) is 0 Å². The molecule has 2 heterocycles. The van der Waals surface area contributed by atoms with Crippen LogP contribution in [0.4, 0.5) is 5.82 Å². The van der Waals surface area contributed by atoms with Crippen LogP contribution in [0.3, 0.4) is 0 Å². The Kier molecular flexibility index (Phi) is 4.15. The molecule has 0 bridgehead atoms. The largest absolute Gasteiger partial charge is 0.365 e. The van der Waals surface area contributed by atoms with Crippen molar-refractivity contribution in [3.05, 3.63) is 35.5 Å². The third-order valence-corrected chi connectivity index (χ3v) is 2.98. The SMILES string of the molecule is CCc1c(Cl)ncnc1NC(C)Cn1cccn1. The van der Waals surface area contributed by atoms with Gasteiger partial charge in [-0.05, 0) is 19.4 Å². The van der Waals surface area contributed by atoms with Crippen molar-refractivity contribution in [3.63, 3.8) is 0 Å². The highest BCUT2D eigenvalue weighted by atomic mass is 35.5. The van der Waals surface area contributed by atoms with Gasteiger partial charge in [0.2, 0.25) is 0 Å². The summed E-state index contributed by atoms with van der Waals surface area (Å²) in [5.74, 6) is 0.803. The number of aromatic nitrogens is 4. The Labute approximate surface area is 111 Å². The molecule has 0 fully saturated rings. The lowest BCUT2D eigenvalue weighted by molar-refractivity contribution is 0.559. The van der Waals surface area contributed by atoms with Crippen molar-refractivity contribution in [1.82, 2.24) is 19.7 Å². The van der Waals surface area contributed by atoms with Gasteiger partial charge in [0.1, 0.15) is 17.3 Å². The fourth-order valence-corrected chi connectivity index (χ4v) is 2.06. The van der Waals surface area contributed by atoms with Gasteiger partial charge in [-0.25, -0.2) is 9.97 Å². The van der Waals surface area contributed by atoms with Gasteiger partial charge in [-0.1, -0.05) is 18.5 Å². The molecule has 0 aliphatic carbocycles. The van der Waals surface area contributed by atoms with Crippen LogP contribution >= 0.6 is 11.6 Å². The van der Waals surface area contributed by atoms with Crippen molar-refractivity contribution >= 4 is 17.4 Å². The molecule has 2 aromatic heterocycles. The van der Waals surface area contributed by atoms with Crippen molar-refractivity contribution in [2.75, 3.05) is 5.32 Å². The molecule has 2 aromatic rings. The lowest BCUT2D eigenvalue weighted by atomic mass is 10.2. The number of rotatable bonds is 5. The molecule has 18 heavy (non-hydrogen) atoms. The molecule has 1 unspecified atom stereocenters. The Hall–Kier alpha value is -1.62. The van der Waals surface area contributed by atoms with E-state index in [0.717, 1.165) is 24.3 Å². The maximum absolute atomic E-state index is 6.05. The normalized spacial score (nSPS) is 12.4. The minimum atomic E-state index is 0.209. The Bertz CT molecular complexity index is 497. The molecule has 0 aliphatic heterocycles. The van der Waals surface area contributed by atoms with Crippen LogP contribution in [0.5, 0.6) is 0 Å². The van der Waals surface area contributed by atoms with Crippen LogP contribution in [-0.4, -0.2) is 25.8 Å². The molecule has 0 spiro atoms. The summed E-state index contributed by atoms with van der Waals surface area (Å²) in [6.45, 7) is 4.89. The second-order valence-corrected chi connectivity index (χ2v) is 4.48. The summed E-state index contributed by atoms with van der Waals surface area (Å²) < 4.78 is 1.88. The average molecular weight is 266 g/mol. The molecular weight excluding hydrogens is 250 g/mol. The predicted molar refractivity (Wildman–Crippen MR) is 71.7 cm³/mol. The molecule has 0 radical (unpaired) electrons.